The summed E-state index contributed by atoms with van der Waals surface area (Å²) in [6.07, 6.45) is 0. The number of rotatable bonds is 2. The summed E-state index contributed by atoms with van der Waals surface area (Å²) in [6, 6.07) is 6.71. The number of carbonyl (C=O) groups excluding carboxylic acids is 1. The van der Waals surface area contributed by atoms with Crippen molar-refractivity contribution in [2.24, 2.45) is 0 Å². The number of hydrogen-bond donors (Lipinski definition) is 1. The third-order valence-corrected chi connectivity index (χ3v) is 4.63. The Balaban J connectivity index is 1.92. The van der Waals surface area contributed by atoms with Gasteiger partial charge in [-0.25, -0.2) is 4.98 Å². The van der Waals surface area contributed by atoms with Gasteiger partial charge >= 0.3 is 0 Å². The molecule has 0 aliphatic rings. The van der Waals surface area contributed by atoms with E-state index < -0.39 is 0 Å². The fraction of sp³-hybridized carbons (Fsp3) is 0. The van der Waals surface area contributed by atoms with Crippen LogP contribution in [0.4, 0.5) is 5.13 Å². The van der Waals surface area contributed by atoms with Gasteiger partial charge in [-0.05, 0) is 40.2 Å². The Kier molecular flexibility index (Phi) is 3.72. The van der Waals surface area contributed by atoms with Crippen LogP contribution in [0.2, 0.25) is 10.0 Å². The highest BCUT2D eigenvalue weighted by Gasteiger charge is 2.15. The van der Waals surface area contributed by atoms with Crippen molar-refractivity contribution in [3.63, 3.8) is 0 Å². The number of amides is 1. The van der Waals surface area contributed by atoms with Gasteiger partial charge in [-0.15, -0.1) is 0 Å². The molecule has 20 heavy (non-hydrogen) atoms. The van der Waals surface area contributed by atoms with Gasteiger partial charge in [0, 0.05) is 0 Å². The van der Waals surface area contributed by atoms with Gasteiger partial charge in [0.15, 0.2) is 15.6 Å². The van der Waals surface area contributed by atoms with Crippen molar-refractivity contribution in [2.45, 2.75) is 0 Å². The monoisotopic (exact) mass is 390 g/mol. The standard InChI is InChI=1S/C12H5BrCl2N2O2S/c13-8-4-2-6(19-8)11(18)17-12-16-10-7(20-12)3-1-5(14)9(10)15/h1-4H,(H,16,17,18). The number of furan rings is 1. The predicted molar refractivity (Wildman–Crippen MR) is 84.0 cm³/mol. The summed E-state index contributed by atoms with van der Waals surface area (Å²) in [4.78, 5) is 16.2. The van der Waals surface area contributed by atoms with Crippen LogP contribution in [0.3, 0.4) is 0 Å². The van der Waals surface area contributed by atoms with Crippen molar-refractivity contribution in [2.75, 3.05) is 5.32 Å². The van der Waals surface area contributed by atoms with Crippen molar-refractivity contribution in [1.29, 1.82) is 0 Å². The molecule has 0 fully saturated rings. The first-order valence-electron chi connectivity index (χ1n) is 5.36. The van der Waals surface area contributed by atoms with Crippen LogP contribution >= 0.6 is 50.5 Å². The molecule has 0 saturated carbocycles. The predicted octanol–water partition coefficient (Wildman–Crippen LogP) is 5.21. The molecule has 0 bridgehead atoms. The Morgan fingerprint density at radius 3 is 2.80 bits per heavy atom. The number of nitrogens with zero attached hydrogens (tertiary/aromatic N) is 1. The molecule has 0 unspecified atom stereocenters. The average molecular weight is 392 g/mol. The number of hydrogen-bond acceptors (Lipinski definition) is 4. The summed E-state index contributed by atoms with van der Waals surface area (Å²) in [5.41, 5.74) is 0.570. The number of nitrogens with one attached hydrogen (secondary N) is 1. The molecular weight excluding hydrogens is 387 g/mol. The maximum absolute atomic E-state index is 11.9. The fourth-order valence-corrected chi connectivity index (χ4v) is 3.18. The van der Waals surface area contributed by atoms with Gasteiger partial charge in [-0.2, -0.15) is 0 Å². The molecule has 1 N–H and O–H groups in total. The molecule has 0 atom stereocenters. The minimum absolute atomic E-state index is 0.195. The Morgan fingerprint density at radius 2 is 2.10 bits per heavy atom. The van der Waals surface area contributed by atoms with Gasteiger partial charge in [0.05, 0.1) is 14.7 Å². The van der Waals surface area contributed by atoms with E-state index in [1.807, 2.05) is 0 Å². The molecule has 8 heteroatoms. The quantitative estimate of drug-likeness (QED) is 0.652. The summed E-state index contributed by atoms with van der Waals surface area (Å²) in [6.45, 7) is 0. The number of benzene rings is 1. The number of thiazole rings is 1. The highest BCUT2D eigenvalue weighted by Crippen LogP contribution is 2.35. The molecular formula is C12H5BrCl2N2O2S. The molecule has 1 amide bonds. The van der Waals surface area contributed by atoms with Crippen molar-refractivity contribution < 1.29 is 9.21 Å². The van der Waals surface area contributed by atoms with Crippen LogP contribution in [0.25, 0.3) is 10.2 Å². The van der Waals surface area contributed by atoms with Gasteiger partial charge in [-0.1, -0.05) is 34.5 Å². The zero-order chi connectivity index (χ0) is 14.3. The lowest BCUT2D eigenvalue weighted by Crippen LogP contribution is -2.10. The molecule has 0 saturated heterocycles. The second-order valence-electron chi connectivity index (χ2n) is 3.79. The van der Waals surface area contributed by atoms with Crippen molar-refractivity contribution >= 4 is 71.7 Å². The number of anilines is 1. The molecule has 1 aromatic carbocycles. The minimum atomic E-state index is -0.378. The third kappa shape index (κ3) is 2.56. The maximum Gasteiger partial charge on any atom is 0.293 e. The van der Waals surface area contributed by atoms with Crippen molar-refractivity contribution in [3.8, 4) is 0 Å². The van der Waals surface area contributed by atoms with Crippen LogP contribution in [0.5, 0.6) is 0 Å². The smallest absolute Gasteiger partial charge is 0.293 e. The number of aromatic nitrogens is 1. The first kappa shape index (κ1) is 13.9. The lowest BCUT2D eigenvalue weighted by molar-refractivity contribution is 0.0995. The number of fused-ring (bicyclic) bond motifs is 1. The molecule has 2 heterocycles. The van der Waals surface area contributed by atoms with Crippen LogP contribution in [0.1, 0.15) is 10.6 Å². The zero-order valence-corrected chi connectivity index (χ0v) is 13.5. The summed E-state index contributed by atoms with van der Waals surface area (Å²) in [5, 5.41) is 3.90. The highest BCUT2D eigenvalue weighted by molar-refractivity contribution is 9.10. The molecule has 4 nitrogen and oxygen atoms in total. The van der Waals surface area contributed by atoms with Crippen molar-refractivity contribution in [3.05, 3.63) is 44.7 Å². The second kappa shape index (κ2) is 5.37. The van der Waals surface area contributed by atoms with Crippen LogP contribution in [0, 0.1) is 0 Å². The molecule has 3 rings (SSSR count). The molecule has 0 spiro atoms. The first-order valence-corrected chi connectivity index (χ1v) is 7.72. The van der Waals surface area contributed by atoms with Crippen LogP contribution in [0.15, 0.2) is 33.4 Å². The van der Waals surface area contributed by atoms with Crippen LogP contribution in [-0.2, 0) is 0 Å². The number of halogens is 3. The largest absolute Gasteiger partial charge is 0.444 e. The van der Waals surface area contributed by atoms with E-state index >= 15 is 0 Å². The minimum Gasteiger partial charge on any atom is -0.444 e. The van der Waals surface area contributed by atoms with Gasteiger partial charge < -0.3 is 4.42 Å². The molecule has 0 radical (unpaired) electrons. The first-order chi connectivity index (χ1) is 9.54. The fourth-order valence-electron chi connectivity index (χ4n) is 1.59. The van der Waals surface area contributed by atoms with Crippen molar-refractivity contribution in [1.82, 2.24) is 4.98 Å². The van der Waals surface area contributed by atoms with E-state index in [2.05, 4.69) is 26.2 Å². The van der Waals surface area contributed by atoms with Gasteiger partial charge in [0.1, 0.15) is 5.52 Å². The lowest BCUT2D eigenvalue weighted by atomic mass is 10.3. The van der Waals surface area contributed by atoms with E-state index in [9.17, 15) is 4.79 Å². The second-order valence-corrected chi connectivity index (χ2v) is 6.38. The van der Waals surface area contributed by atoms with Gasteiger partial charge in [0.2, 0.25) is 0 Å². The highest BCUT2D eigenvalue weighted by atomic mass is 79.9. The summed E-state index contributed by atoms with van der Waals surface area (Å²) < 4.78 is 6.50. The molecule has 0 aliphatic heterocycles. The van der Waals surface area contributed by atoms with Gasteiger partial charge in [0.25, 0.3) is 5.91 Å². The normalized spacial score (nSPS) is 10.9. The Labute approximate surface area is 135 Å². The van der Waals surface area contributed by atoms with Crippen LogP contribution < -0.4 is 5.32 Å². The van der Waals surface area contributed by atoms with E-state index in [0.29, 0.717) is 25.4 Å². The summed E-state index contributed by atoms with van der Waals surface area (Å²) in [7, 11) is 0. The average Bonchev–Trinajstić information content (AvgIpc) is 3.00. The topological polar surface area (TPSA) is 55.1 Å². The summed E-state index contributed by atoms with van der Waals surface area (Å²) >= 11 is 16.4. The molecule has 3 aromatic rings. The third-order valence-electron chi connectivity index (χ3n) is 2.47. The van der Waals surface area contributed by atoms with Crippen LogP contribution in [-0.4, -0.2) is 10.9 Å². The van der Waals surface area contributed by atoms with E-state index in [1.54, 1.807) is 24.3 Å². The van der Waals surface area contributed by atoms with E-state index in [1.165, 1.54) is 11.3 Å². The van der Waals surface area contributed by atoms with E-state index in [-0.39, 0.29) is 11.7 Å². The summed E-state index contributed by atoms with van der Waals surface area (Å²) in [5.74, 6) is -0.183. The number of carbonyl (C=O) groups is 1. The van der Waals surface area contributed by atoms with E-state index in [0.717, 1.165) is 4.70 Å². The molecule has 0 aliphatic carbocycles. The SMILES string of the molecule is O=C(Nc1nc2c(Cl)c(Cl)ccc2s1)c1ccc(Br)o1. The maximum atomic E-state index is 11.9. The Hall–Kier alpha value is -1.08. The van der Waals surface area contributed by atoms with Gasteiger partial charge in [-0.3, -0.25) is 10.1 Å². The van der Waals surface area contributed by atoms with E-state index in [4.69, 9.17) is 27.6 Å². The Morgan fingerprint density at radius 1 is 1.30 bits per heavy atom. The Bertz CT molecular complexity index is 815. The zero-order valence-electron chi connectivity index (χ0n) is 9.62. The molecule has 2 aromatic heterocycles. The molecule has 102 valence electrons. The lowest BCUT2D eigenvalue weighted by Gasteiger charge is -1.96.